The van der Waals surface area contributed by atoms with Gasteiger partial charge >= 0.3 is 0 Å². The van der Waals surface area contributed by atoms with Crippen molar-refractivity contribution in [2.24, 2.45) is 5.73 Å². The number of carbonyl (C=O) groups is 1. The van der Waals surface area contributed by atoms with Gasteiger partial charge in [0.25, 0.3) is 5.69 Å². The van der Waals surface area contributed by atoms with Crippen LogP contribution in [-0.4, -0.2) is 10.8 Å². The molecule has 0 saturated carbocycles. The fourth-order valence-corrected chi connectivity index (χ4v) is 3.21. The summed E-state index contributed by atoms with van der Waals surface area (Å²) in [7, 11) is 0. The summed E-state index contributed by atoms with van der Waals surface area (Å²) in [5, 5.41) is 13.4. The molecule has 0 spiro atoms. The molecule has 2 N–H and O–H groups in total. The van der Waals surface area contributed by atoms with Gasteiger partial charge in [-0.2, -0.15) is 0 Å². The topological polar surface area (TPSA) is 86.2 Å². The molecule has 0 heterocycles. The number of nitrogens with zero attached hydrogens (tertiary/aromatic N) is 1. The number of carbonyl (C=O) groups excluding carboxylic acids is 1. The van der Waals surface area contributed by atoms with Crippen LogP contribution in [0.25, 0.3) is 10.8 Å². The van der Waals surface area contributed by atoms with Gasteiger partial charge in [0.05, 0.1) is 9.82 Å². The number of hydrogen-bond donors (Lipinski definition) is 1. The largest absolute Gasteiger partial charge is 0.366 e. The predicted octanol–water partition coefficient (Wildman–Crippen LogP) is 4.00. The van der Waals surface area contributed by atoms with Crippen LogP contribution in [0.2, 0.25) is 0 Å². The Bertz CT molecular complexity index is 925. The first-order valence-electron chi connectivity index (χ1n) is 6.79. The van der Waals surface area contributed by atoms with Crippen molar-refractivity contribution in [2.75, 3.05) is 0 Å². The third-order valence-corrected chi connectivity index (χ3v) is 4.44. The van der Waals surface area contributed by atoms with Crippen molar-refractivity contribution in [2.45, 2.75) is 9.79 Å². The van der Waals surface area contributed by atoms with E-state index < -0.39 is 10.8 Å². The molecule has 0 aliphatic rings. The first-order chi connectivity index (χ1) is 11.0. The van der Waals surface area contributed by atoms with E-state index in [-0.39, 0.29) is 11.3 Å². The lowest BCUT2D eigenvalue weighted by Crippen LogP contribution is -2.11. The summed E-state index contributed by atoms with van der Waals surface area (Å²) in [5.41, 5.74) is 5.18. The van der Waals surface area contributed by atoms with E-state index in [9.17, 15) is 14.9 Å². The smallest absolute Gasteiger partial charge is 0.284 e. The molecular formula is C17H12N2O3S. The number of amides is 1. The van der Waals surface area contributed by atoms with Gasteiger partial charge in [-0.15, -0.1) is 0 Å². The molecule has 0 saturated heterocycles. The lowest BCUT2D eigenvalue weighted by atomic mass is 10.1. The number of fused-ring (bicyclic) bond motifs is 1. The minimum Gasteiger partial charge on any atom is -0.366 e. The summed E-state index contributed by atoms with van der Waals surface area (Å²) in [4.78, 5) is 23.3. The highest BCUT2D eigenvalue weighted by atomic mass is 32.2. The molecule has 5 nitrogen and oxygen atoms in total. The van der Waals surface area contributed by atoms with Gasteiger partial charge in [-0.3, -0.25) is 14.9 Å². The second-order valence-corrected chi connectivity index (χ2v) is 6.03. The van der Waals surface area contributed by atoms with Crippen LogP contribution in [0, 0.1) is 10.1 Å². The highest BCUT2D eigenvalue weighted by molar-refractivity contribution is 7.99. The van der Waals surface area contributed by atoms with E-state index >= 15 is 0 Å². The second kappa shape index (κ2) is 6.10. The zero-order valence-corrected chi connectivity index (χ0v) is 12.7. The Morgan fingerprint density at radius 1 is 1.00 bits per heavy atom. The van der Waals surface area contributed by atoms with Gasteiger partial charge in [0.15, 0.2) is 0 Å². The molecule has 23 heavy (non-hydrogen) atoms. The number of rotatable bonds is 4. The maximum atomic E-state index is 11.2. The van der Waals surface area contributed by atoms with Gasteiger partial charge < -0.3 is 5.73 Å². The summed E-state index contributed by atoms with van der Waals surface area (Å²) in [6.07, 6.45) is 0. The SMILES string of the molecule is NC(=O)c1ccc(Sc2ccc3ccccc3c2)c([N+](=O)[O-])c1. The Morgan fingerprint density at radius 2 is 1.74 bits per heavy atom. The second-order valence-electron chi connectivity index (χ2n) is 4.91. The molecule has 3 aromatic rings. The first-order valence-corrected chi connectivity index (χ1v) is 7.61. The minimum absolute atomic E-state index is 0.125. The molecule has 0 bridgehead atoms. The van der Waals surface area contributed by atoms with Crippen molar-refractivity contribution < 1.29 is 9.72 Å². The Morgan fingerprint density at radius 3 is 2.43 bits per heavy atom. The molecule has 1 amide bonds. The molecule has 0 unspecified atom stereocenters. The van der Waals surface area contributed by atoms with Crippen LogP contribution in [0.5, 0.6) is 0 Å². The van der Waals surface area contributed by atoms with Crippen LogP contribution in [0.1, 0.15) is 10.4 Å². The number of nitrogens with two attached hydrogens (primary N) is 1. The highest BCUT2D eigenvalue weighted by Gasteiger charge is 2.17. The van der Waals surface area contributed by atoms with E-state index in [2.05, 4.69) is 0 Å². The lowest BCUT2D eigenvalue weighted by molar-refractivity contribution is -0.387. The lowest BCUT2D eigenvalue weighted by Gasteiger charge is -2.06. The summed E-state index contributed by atoms with van der Waals surface area (Å²) >= 11 is 1.28. The van der Waals surface area contributed by atoms with E-state index in [1.165, 1.54) is 23.9 Å². The van der Waals surface area contributed by atoms with Gasteiger partial charge in [-0.1, -0.05) is 42.1 Å². The van der Waals surface area contributed by atoms with Crippen LogP contribution >= 0.6 is 11.8 Å². The van der Waals surface area contributed by atoms with Crippen molar-refractivity contribution in [1.82, 2.24) is 0 Å². The zero-order chi connectivity index (χ0) is 16.4. The van der Waals surface area contributed by atoms with E-state index in [4.69, 9.17) is 5.73 Å². The highest BCUT2D eigenvalue weighted by Crippen LogP contribution is 2.36. The average molecular weight is 324 g/mol. The molecule has 0 aliphatic carbocycles. The number of nitro benzene ring substituents is 1. The molecule has 0 radical (unpaired) electrons. The standard InChI is InChI=1S/C17H12N2O3S/c18-17(20)13-6-8-16(15(10-13)19(21)22)23-14-7-5-11-3-1-2-4-12(11)9-14/h1-10H,(H2,18,20). The van der Waals surface area contributed by atoms with Crippen LogP contribution in [0.15, 0.2) is 70.5 Å². The predicted molar refractivity (Wildman–Crippen MR) is 89.7 cm³/mol. The van der Waals surface area contributed by atoms with Crippen molar-refractivity contribution >= 4 is 34.1 Å². The fraction of sp³-hybridized carbons (Fsp3) is 0. The van der Waals surface area contributed by atoms with Gasteiger partial charge in [0, 0.05) is 16.5 Å². The van der Waals surface area contributed by atoms with Crippen LogP contribution in [0.4, 0.5) is 5.69 Å². The monoisotopic (exact) mass is 324 g/mol. The van der Waals surface area contributed by atoms with Gasteiger partial charge in [0.2, 0.25) is 5.91 Å². The van der Waals surface area contributed by atoms with Crippen LogP contribution in [-0.2, 0) is 0 Å². The number of nitro groups is 1. The van der Waals surface area contributed by atoms with Crippen molar-refractivity contribution in [1.29, 1.82) is 0 Å². The van der Waals surface area contributed by atoms with E-state index in [0.717, 1.165) is 15.7 Å². The number of hydrogen-bond acceptors (Lipinski definition) is 4. The Balaban J connectivity index is 2.00. The molecule has 6 heteroatoms. The van der Waals surface area contributed by atoms with Crippen molar-refractivity contribution in [3.8, 4) is 0 Å². The summed E-state index contributed by atoms with van der Waals surface area (Å²) < 4.78 is 0. The van der Waals surface area contributed by atoms with Gasteiger partial charge in [0.1, 0.15) is 0 Å². The van der Waals surface area contributed by atoms with Crippen LogP contribution in [0.3, 0.4) is 0 Å². The number of primary amides is 1. The van der Waals surface area contributed by atoms with E-state index in [0.29, 0.717) is 4.90 Å². The maximum Gasteiger partial charge on any atom is 0.284 e. The zero-order valence-electron chi connectivity index (χ0n) is 11.9. The Hall–Kier alpha value is -2.86. The van der Waals surface area contributed by atoms with Gasteiger partial charge in [-0.25, -0.2) is 0 Å². The molecule has 0 aliphatic heterocycles. The maximum absolute atomic E-state index is 11.2. The molecule has 0 atom stereocenters. The fourth-order valence-electron chi connectivity index (χ4n) is 2.26. The van der Waals surface area contributed by atoms with Crippen molar-refractivity contribution in [3.05, 3.63) is 76.3 Å². The molecule has 0 aromatic heterocycles. The molecule has 114 valence electrons. The van der Waals surface area contributed by atoms with E-state index in [1.54, 1.807) is 6.07 Å². The van der Waals surface area contributed by atoms with Crippen LogP contribution < -0.4 is 5.73 Å². The quantitative estimate of drug-likeness (QED) is 0.580. The summed E-state index contributed by atoms with van der Waals surface area (Å²) in [5.74, 6) is -0.685. The molecule has 0 fully saturated rings. The Labute approximate surface area is 136 Å². The summed E-state index contributed by atoms with van der Waals surface area (Å²) in [6.45, 7) is 0. The normalized spacial score (nSPS) is 10.6. The average Bonchev–Trinajstić information content (AvgIpc) is 2.54. The van der Waals surface area contributed by atoms with Crippen molar-refractivity contribution in [3.63, 3.8) is 0 Å². The molecular weight excluding hydrogens is 312 g/mol. The summed E-state index contributed by atoms with van der Waals surface area (Å²) in [6, 6.07) is 18.0. The first kappa shape index (κ1) is 15.1. The number of benzene rings is 3. The van der Waals surface area contributed by atoms with E-state index in [1.807, 2.05) is 42.5 Å². The minimum atomic E-state index is -0.685. The molecule has 3 rings (SSSR count). The third-order valence-electron chi connectivity index (χ3n) is 3.39. The Kier molecular flexibility index (Phi) is 3.99. The third kappa shape index (κ3) is 3.17. The van der Waals surface area contributed by atoms with Gasteiger partial charge in [-0.05, 0) is 35.0 Å². The molecule has 3 aromatic carbocycles.